The number of oxime groups is 1. The van der Waals surface area contributed by atoms with Crippen LogP contribution in [-0.2, 0) is 35.1 Å². The number of rotatable bonds is 8. The van der Waals surface area contributed by atoms with Crippen molar-refractivity contribution in [2.24, 2.45) is 10.9 Å². The van der Waals surface area contributed by atoms with Crippen LogP contribution in [0.2, 0.25) is 0 Å². The lowest BCUT2D eigenvalue weighted by atomic mass is 10.1. The number of amidine groups is 1. The fourth-order valence-electron chi connectivity index (χ4n) is 1.93. The van der Waals surface area contributed by atoms with E-state index >= 15 is 0 Å². The van der Waals surface area contributed by atoms with Gasteiger partial charge in [-0.25, -0.2) is 14.4 Å². The second kappa shape index (κ2) is 11.4. The molecule has 164 valence electrons. The molecule has 1 amide bonds. The third kappa shape index (κ3) is 9.04. The summed E-state index contributed by atoms with van der Waals surface area (Å²) in [6.45, 7) is 5.66. The largest absolute Gasteiger partial charge is 0.466 e. The van der Waals surface area contributed by atoms with Crippen molar-refractivity contribution in [2.45, 2.75) is 32.8 Å². The number of aromatic nitrogens is 1. The Labute approximate surface area is 174 Å². The van der Waals surface area contributed by atoms with E-state index in [1.165, 1.54) is 6.20 Å². The molecule has 0 aliphatic carbocycles. The first kappa shape index (κ1) is 24.4. The van der Waals surface area contributed by atoms with Crippen molar-refractivity contribution in [3.63, 3.8) is 0 Å². The van der Waals surface area contributed by atoms with E-state index in [-0.39, 0.29) is 11.5 Å². The van der Waals surface area contributed by atoms with Gasteiger partial charge in [-0.3, -0.25) is 4.98 Å². The molecule has 1 aromatic heterocycles. The first-order valence-corrected chi connectivity index (χ1v) is 8.86. The van der Waals surface area contributed by atoms with Gasteiger partial charge in [-0.2, -0.15) is 0 Å². The van der Waals surface area contributed by atoms with Gasteiger partial charge in [0.2, 0.25) is 5.76 Å². The number of hydrogen-bond donors (Lipinski definition) is 2. The molecule has 0 saturated heterocycles. The molecule has 3 N–H and O–H groups in total. The molecule has 0 bridgehead atoms. The lowest BCUT2D eigenvalue weighted by Crippen LogP contribution is -2.33. The van der Waals surface area contributed by atoms with Gasteiger partial charge in [-0.05, 0) is 44.9 Å². The molecule has 0 saturated carbocycles. The fraction of sp³-hybridized carbons (Fsp3) is 0.421. The molecule has 0 spiro atoms. The number of nitrogens with one attached hydrogen (secondary N) is 1. The number of pyridine rings is 1. The maximum absolute atomic E-state index is 11.7. The molecule has 11 nitrogen and oxygen atoms in total. The Bertz CT molecular complexity index is 828. The van der Waals surface area contributed by atoms with Gasteiger partial charge in [0.15, 0.2) is 5.84 Å². The first-order valence-electron chi connectivity index (χ1n) is 8.86. The van der Waals surface area contributed by atoms with Crippen LogP contribution < -0.4 is 11.1 Å². The predicted octanol–water partition coefficient (Wildman–Crippen LogP) is 1.02. The average Bonchev–Trinajstić information content (AvgIpc) is 2.68. The van der Waals surface area contributed by atoms with Crippen LogP contribution in [0.15, 0.2) is 35.3 Å². The van der Waals surface area contributed by atoms with Gasteiger partial charge in [0.25, 0.3) is 0 Å². The maximum Gasteiger partial charge on any atom is 0.407 e. The van der Waals surface area contributed by atoms with E-state index < -0.39 is 29.4 Å². The van der Waals surface area contributed by atoms with Crippen LogP contribution in [0.25, 0.3) is 0 Å². The number of methoxy groups -OCH3 is 2. The van der Waals surface area contributed by atoms with Gasteiger partial charge in [0, 0.05) is 12.7 Å². The number of hydrogen-bond acceptors (Lipinski definition) is 9. The first-order chi connectivity index (χ1) is 14.1. The fourth-order valence-corrected chi connectivity index (χ4v) is 1.93. The molecule has 0 radical (unpaired) electrons. The number of alkyl carbamates (subject to hydrolysis) is 1. The van der Waals surface area contributed by atoms with Crippen molar-refractivity contribution >= 4 is 23.9 Å². The van der Waals surface area contributed by atoms with Gasteiger partial charge >= 0.3 is 18.0 Å². The highest BCUT2D eigenvalue weighted by Crippen LogP contribution is 2.08. The van der Waals surface area contributed by atoms with Crippen LogP contribution >= 0.6 is 0 Å². The van der Waals surface area contributed by atoms with Crippen molar-refractivity contribution < 1.29 is 33.4 Å². The summed E-state index contributed by atoms with van der Waals surface area (Å²) < 4.78 is 14.1. The number of ether oxygens (including phenoxy) is 3. The van der Waals surface area contributed by atoms with Gasteiger partial charge in [0.1, 0.15) is 11.3 Å². The zero-order chi connectivity index (χ0) is 22.7. The summed E-state index contributed by atoms with van der Waals surface area (Å²) in [5.41, 5.74) is 6.34. The Morgan fingerprint density at radius 2 is 1.93 bits per heavy atom. The lowest BCUT2D eigenvalue weighted by Gasteiger charge is -2.19. The van der Waals surface area contributed by atoms with Crippen molar-refractivity contribution in [1.29, 1.82) is 0 Å². The molecule has 1 aromatic rings. The van der Waals surface area contributed by atoms with E-state index in [1.807, 2.05) is 0 Å². The zero-order valence-electron chi connectivity index (χ0n) is 17.6. The second-order valence-electron chi connectivity index (χ2n) is 6.82. The molecule has 11 heteroatoms. The third-order valence-electron chi connectivity index (χ3n) is 3.25. The van der Waals surface area contributed by atoms with Crippen LogP contribution in [0.5, 0.6) is 0 Å². The summed E-state index contributed by atoms with van der Waals surface area (Å²) in [6.07, 6.45) is 2.25. The Kier molecular flexibility index (Phi) is 9.27. The molecule has 1 rings (SSSR count). The highest BCUT2D eigenvalue weighted by molar-refractivity contribution is 5.96. The maximum atomic E-state index is 11.7. The lowest BCUT2D eigenvalue weighted by molar-refractivity contribution is -0.142. The summed E-state index contributed by atoms with van der Waals surface area (Å²) in [7, 11) is 2.25. The van der Waals surface area contributed by atoms with Gasteiger partial charge in [-0.15, -0.1) is 0 Å². The minimum Gasteiger partial charge on any atom is -0.466 e. The average molecular weight is 422 g/mol. The minimum absolute atomic E-state index is 0.142. The highest BCUT2D eigenvalue weighted by Gasteiger charge is 2.16. The van der Waals surface area contributed by atoms with Crippen LogP contribution in [0.1, 0.15) is 32.0 Å². The summed E-state index contributed by atoms with van der Waals surface area (Å²) in [6, 6.07) is 3.38. The molecule has 0 unspecified atom stereocenters. The Morgan fingerprint density at radius 3 is 2.53 bits per heavy atom. The molecule has 0 aliphatic heterocycles. The number of nitrogens with two attached hydrogens (primary N) is 1. The Hall–Kier alpha value is -3.63. The third-order valence-corrected chi connectivity index (χ3v) is 3.25. The molecular formula is C19H26N4O7. The molecule has 0 aromatic carbocycles. The summed E-state index contributed by atoms with van der Waals surface area (Å²) in [4.78, 5) is 43.6. The Balaban J connectivity index is 2.78. The van der Waals surface area contributed by atoms with Gasteiger partial charge < -0.3 is 30.1 Å². The van der Waals surface area contributed by atoms with E-state index in [4.69, 9.17) is 15.3 Å². The molecule has 0 aliphatic rings. The molecule has 0 atom stereocenters. The number of nitrogens with zero attached hydrogens (tertiary/aromatic N) is 2. The summed E-state index contributed by atoms with van der Waals surface area (Å²) in [5.74, 6) is -2.42. The Morgan fingerprint density at radius 1 is 1.23 bits per heavy atom. The number of amides is 1. The quantitative estimate of drug-likeness (QED) is 0.119. The smallest absolute Gasteiger partial charge is 0.407 e. The normalized spacial score (nSPS) is 12.0. The van der Waals surface area contributed by atoms with Crippen molar-refractivity contribution in [2.75, 3.05) is 20.8 Å². The van der Waals surface area contributed by atoms with Crippen LogP contribution in [0.3, 0.4) is 0 Å². The van der Waals surface area contributed by atoms with E-state index in [0.717, 1.165) is 25.9 Å². The predicted molar refractivity (Wildman–Crippen MR) is 106 cm³/mol. The number of carbonyl (C=O) groups excluding carboxylic acids is 3. The topological polar surface area (TPSA) is 151 Å². The number of esters is 2. The van der Waals surface area contributed by atoms with Gasteiger partial charge in [0.05, 0.1) is 20.3 Å². The van der Waals surface area contributed by atoms with E-state index in [1.54, 1.807) is 32.9 Å². The highest BCUT2D eigenvalue weighted by atomic mass is 16.7. The molecule has 1 heterocycles. The minimum atomic E-state index is -0.938. The van der Waals surface area contributed by atoms with Crippen LogP contribution in [0, 0.1) is 0 Å². The zero-order valence-corrected chi connectivity index (χ0v) is 17.6. The van der Waals surface area contributed by atoms with E-state index in [2.05, 4.69) is 24.9 Å². The van der Waals surface area contributed by atoms with E-state index in [0.29, 0.717) is 13.0 Å². The van der Waals surface area contributed by atoms with Crippen LogP contribution in [0.4, 0.5) is 4.79 Å². The number of carbonyl (C=O) groups is 3. The van der Waals surface area contributed by atoms with E-state index in [9.17, 15) is 14.4 Å². The second-order valence-corrected chi connectivity index (χ2v) is 6.82. The molecule has 0 fully saturated rings. The summed E-state index contributed by atoms with van der Waals surface area (Å²) >= 11 is 0. The van der Waals surface area contributed by atoms with Crippen molar-refractivity contribution in [3.05, 3.63) is 41.4 Å². The molecular weight excluding hydrogens is 396 g/mol. The standard InChI is InChI=1S/C19H26N4O7/c1-19(2,3)29-18(26)22-9-7-12-6-8-21-13(10-12)16(20)23-30-14(17(25)28-5)11-15(24)27-4/h6,8,10-11H,7,9H2,1-5H3,(H2,20,23)(H,22,26). The monoisotopic (exact) mass is 422 g/mol. The van der Waals surface area contributed by atoms with Crippen molar-refractivity contribution in [1.82, 2.24) is 10.3 Å². The SMILES string of the molecule is COC(=O)C=C(ON=C(N)c1cc(CCNC(=O)OC(C)(C)C)ccn1)C(=O)OC. The van der Waals surface area contributed by atoms with Crippen LogP contribution in [-0.4, -0.2) is 55.2 Å². The van der Waals surface area contributed by atoms with Crippen molar-refractivity contribution in [3.8, 4) is 0 Å². The summed E-state index contributed by atoms with van der Waals surface area (Å²) in [5, 5.41) is 6.26. The molecule has 30 heavy (non-hydrogen) atoms. The van der Waals surface area contributed by atoms with Gasteiger partial charge in [-0.1, -0.05) is 5.16 Å².